The van der Waals surface area contributed by atoms with E-state index in [1.807, 2.05) is 0 Å². The van der Waals surface area contributed by atoms with E-state index in [0.29, 0.717) is 27.7 Å². The number of ether oxygens (including phenoxy) is 1. The minimum atomic E-state index is 0.528. The monoisotopic (exact) mass is 273 g/mol. The summed E-state index contributed by atoms with van der Waals surface area (Å²) in [6, 6.07) is 12.4. The first-order valence-corrected chi connectivity index (χ1v) is 5.91. The quantitative estimate of drug-likeness (QED) is 0.839. The molecule has 0 saturated carbocycles. The molecule has 0 spiro atoms. The summed E-state index contributed by atoms with van der Waals surface area (Å²) in [6.45, 7) is 0. The zero-order valence-corrected chi connectivity index (χ0v) is 11.0. The zero-order chi connectivity index (χ0) is 13.8. The van der Waals surface area contributed by atoms with Crippen molar-refractivity contribution in [2.75, 3.05) is 18.2 Å². The molecule has 0 unspecified atom stereocenters. The molecule has 0 aliphatic carbocycles. The van der Waals surface area contributed by atoms with Crippen molar-refractivity contribution >= 4 is 28.7 Å². The maximum atomic E-state index is 8.88. The number of nitrogens with one attached hydrogen (secondary N) is 1. The van der Waals surface area contributed by atoms with Gasteiger partial charge in [-0.3, -0.25) is 0 Å². The van der Waals surface area contributed by atoms with E-state index in [2.05, 4.69) is 11.4 Å². The van der Waals surface area contributed by atoms with Crippen molar-refractivity contribution in [3.63, 3.8) is 0 Å². The lowest BCUT2D eigenvalue weighted by Gasteiger charge is -2.11. The first kappa shape index (κ1) is 13.1. The van der Waals surface area contributed by atoms with Crippen molar-refractivity contribution < 1.29 is 4.74 Å². The molecule has 0 bridgehead atoms. The highest BCUT2D eigenvalue weighted by molar-refractivity contribution is 6.33. The van der Waals surface area contributed by atoms with Crippen LogP contribution in [0.1, 0.15) is 5.56 Å². The summed E-state index contributed by atoms with van der Waals surface area (Å²) < 4.78 is 5.14. The molecule has 2 aromatic carbocycles. The highest BCUT2D eigenvalue weighted by Gasteiger charge is 2.04. The fourth-order valence-electron chi connectivity index (χ4n) is 1.66. The van der Waals surface area contributed by atoms with Gasteiger partial charge in [-0.05, 0) is 24.3 Å². The number of anilines is 3. The number of hydrogen-bond donors (Lipinski definition) is 2. The predicted molar refractivity (Wildman–Crippen MR) is 76.9 cm³/mol. The number of benzene rings is 2. The fourth-order valence-corrected chi connectivity index (χ4v) is 1.82. The van der Waals surface area contributed by atoms with E-state index in [1.54, 1.807) is 43.5 Å². The molecule has 0 atom stereocenters. The highest BCUT2D eigenvalue weighted by Crippen LogP contribution is 2.29. The van der Waals surface area contributed by atoms with Crippen LogP contribution >= 0.6 is 11.6 Å². The summed E-state index contributed by atoms with van der Waals surface area (Å²) in [5.41, 5.74) is 8.28. The van der Waals surface area contributed by atoms with E-state index in [0.717, 1.165) is 5.69 Å². The summed E-state index contributed by atoms with van der Waals surface area (Å²) in [7, 11) is 1.57. The van der Waals surface area contributed by atoms with Crippen LogP contribution in [0.4, 0.5) is 17.1 Å². The van der Waals surface area contributed by atoms with Crippen molar-refractivity contribution in [3.8, 4) is 11.8 Å². The molecule has 19 heavy (non-hydrogen) atoms. The molecule has 0 fully saturated rings. The predicted octanol–water partition coefficient (Wildman–Crippen LogP) is 3.55. The summed E-state index contributed by atoms with van der Waals surface area (Å²) in [5, 5.41) is 12.5. The zero-order valence-electron chi connectivity index (χ0n) is 10.3. The van der Waals surface area contributed by atoms with Gasteiger partial charge in [0.1, 0.15) is 5.75 Å². The minimum absolute atomic E-state index is 0.528. The third-order valence-corrected chi connectivity index (χ3v) is 2.87. The molecule has 0 amide bonds. The Balaban J connectivity index is 2.36. The second kappa shape index (κ2) is 5.51. The lowest BCUT2D eigenvalue weighted by molar-refractivity contribution is 0.415. The highest BCUT2D eigenvalue weighted by atomic mass is 35.5. The van der Waals surface area contributed by atoms with Gasteiger partial charge in [0.2, 0.25) is 0 Å². The Bertz CT molecular complexity index is 650. The van der Waals surface area contributed by atoms with Gasteiger partial charge in [0, 0.05) is 23.5 Å². The third-order valence-electron chi connectivity index (χ3n) is 2.54. The largest absolute Gasteiger partial charge is 0.497 e. The maximum absolute atomic E-state index is 8.88. The Labute approximate surface area is 116 Å². The normalized spacial score (nSPS) is 9.74. The second-order valence-corrected chi connectivity index (χ2v) is 4.33. The summed E-state index contributed by atoms with van der Waals surface area (Å²) in [5.74, 6) is 0.648. The van der Waals surface area contributed by atoms with Crippen molar-refractivity contribution in [2.45, 2.75) is 0 Å². The number of methoxy groups -OCH3 is 1. The SMILES string of the molecule is COc1cc(N)cc(Nc2cc(C#N)ccc2Cl)c1. The first-order valence-electron chi connectivity index (χ1n) is 5.53. The van der Waals surface area contributed by atoms with Gasteiger partial charge in [-0.25, -0.2) is 0 Å². The average Bonchev–Trinajstić information content (AvgIpc) is 2.40. The smallest absolute Gasteiger partial charge is 0.122 e. The molecule has 0 aliphatic heterocycles. The van der Waals surface area contributed by atoms with Gasteiger partial charge in [0.25, 0.3) is 0 Å². The number of rotatable bonds is 3. The molecule has 5 heteroatoms. The van der Waals surface area contributed by atoms with Crippen LogP contribution in [0.15, 0.2) is 36.4 Å². The van der Waals surface area contributed by atoms with Crippen LogP contribution < -0.4 is 15.8 Å². The van der Waals surface area contributed by atoms with E-state index in [1.165, 1.54) is 0 Å². The Morgan fingerprint density at radius 3 is 2.74 bits per heavy atom. The van der Waals surface area contributed by atoms with Gasteiger partial charge in [-0.2, -0.15) is 5.26 Å². The number of hydrogen-bond acceptors (Lipinski definition) is 4. The van der Waals surface area contributed by atoms with E-state index >= 15 is 0 Å². The van der Waals surface area contributed by atoms with Crippen LogP contribution in [-0.2, 0) is 0 Å². The molecule has 0 aromatic heterocycles. The van der Waals surface area contributed by atoms with E-state index in [-0.39, 0.29) is 0 Å². The molecule has 0 radical (unpaired) electrons. The van der Waals surface area contributed by atoms with E-state index in [9.17, 15) is 0 Å². The van der Waals surface area contributed by atoms with Crippen LogP contribution in [0.5, 0.6) is 5.75 Å². The second-order valence-electron chi connectivity index (χ2n) is 3.93. The van der Waals surface area contributed by atoms with Crippen LogP contribution in [0.2, 0.25) is 5.02 Å². The topological polar surface area (TPSA) is 71.1 Å². The summed E-state index contributed by atoms with van der Waals surface area (Å²) in [4.78, 5) is 0. The third kappa shape index (κ3) is 3.09. The average molecular weight is 274 g/mol. The number of nitriles is 1. The number of nitrogens with two attached hydrogens (primary N) is 1. The minimum Gasteiger partial charge on any atom is -0.497 e. The number of halogens is 1. The van der Waals surface area contributed by atoms with Gasteiger partial charge >= 0.3 is 0 Å². The Morgan fingerprint density at radius 1 is 1.26 bits per heavy atom. The standard InChI is InChI=1S/C14H12ClN3O/c1-19-12-6-10(17)5-11(7-12)18-14-4-9(8-16)2-3-13(14)15/h2-7,18H,17H2,1H3. The van der Waals surface area contributed by atoms with Crippen molar-refractivity contribution in [2.24, 2.45) is 0 Å². The number of nitrogen functional groups attached to an aromatic ring is 1. The molecule has 0 saturated heterocycles. The molecule has 4 nitrogen and oxygen atoms in total. The molecular formula is C14H12ClN3O. The van der Waals surface area contributed by atoms with Crippen LogP contribution in [0.25, 0.3) is 0 Å². The van der Waals surface area contributed by atoms with Gasteiger partial charge in [0.15, 0.2) is 0 Å². The molecule has 0 heterocycles. The lowest BCUT2D eigenvalue weighted by Crippen LogP contribution is -1.95. The Kier molecular flexibility index (Phi) is 3.79. The summed E-state index contributed by atoms with van der Waals surface area (Å²) >= 11 is 6.08. The van der Waals surface area contributed by atoms with Gasteiger partial charge < -0.3 is 15.8 Å². The lowest BCUT2D eigenvalue weighted by atomic mass is 10.2. The van der Waals surface area contributed by atoms with Crippen LogP contribution in [0.3, 0.4) is 0 Å². The van der Waals surface area contributed by atoms with E-state index in [4.69, 9.17) is 27.3 Å². The van der Waals surface area contributed by atoms with Gasteiger partial charge in [-0.15, -0.1) is 0 Å². The molecule has 96 valence electrons. The molecular weight excluding hydrogens is 262 g/mol. The molecule has 2 aromatic rings. The van der Waals surface area contributed by atoms with Gasteiger partial charge in [0.05, 0.1) is 29.5 Å². The van der Waals surface area contributed by atoms with Crippen LogP contribution in [-0.4, -0.2) is 7.11 Å². The van der Waals surface area contributed by atoms with Crippen molar-refractivity contribution in [3.05, 3.63) is 47.0 Å². The Hall–Kier alpha value is -2.38. The molecule has 0 aliphatic rings. The Morgan fingerprint density at radius 2 is 2.05 bits per heavy atom. The maximum Gasteiger partial charge on any atom is 0.122 e. The number of nitrogens with zero attached hydrogens (tertiary/aromatic N) is 1. The van der Waals surface area contributed by atoms with Crippen molar-refractivity contribution in [1.29, 1.82) is 5.26 Å². The first-order chi connectivity index (χ1) is 9.12. The van der Waals surface area contributed by atoms with E-state index < -0.39 is 0 Å². The molecule has 3 N–H and O–H groups in total. The fraction of sp³-hybridized carbons (Fsp3) is 0.0714. The van der Waals surface area contributed by atoms with Crippen LogP contribution in [0, 0.1) is 11.3 Å². The molecule has 2 rings (SSSR count). The van der Waals surface area contributed by atoms with Crippen molar-refractivity contribution in [1.82, 2.24) is 0 Å². The van der Waals surface area contributed by atoms with Gasteiger partial charge in [-0.1, -0.05) is 11.6 Å². The summed E-state index contributed by atoms with van der Waals surface area (Å²) in [6.07, 6.45) is 0.